The molecule has 0 bridgehead atoms. The fourth-order valence-electron chi connectivity index (χ4n) is 2.28. The van der Waals surface area contributed by atoms with Crippen molar-refractivity contribution in [3.05, 3.63) is 39.0 Å². The molecule has 1 N–H and O–H groups in total. The van der Waals surface area contributed by atoms with Crippen molar-refractivity contribution < 1.29 is 0 Å². The van der Waals surface area contributed by atoms with E-state index in [1.807, 2.05) is 12.2 Å². The van der Waals surface area contributed by atoms with Crippen LogP contribution in [0.3, 0.4) is 0 Å². The van der Waals surface area contributed by atoms with Gasteiger partial charge in [0.05, 0.1) is 16.6 Å². The summed E-state index contributed by atoms with van der Waals surface area (Å²) in [5.74, 6) is 0. The molecule has 1 aromatic heterocycles. The van der Waals surface area contributed by atoms with E-state index in [2.05, 4.69) is 20.0 Å². The Labute approximate surface area is 94.6 Å². The third-order valence-corrected chi connectivity index (χ3v) is 2.99. The van der Waals surface area contributed by atoms with Gasteiger partial charge in [0.25, 0.3) is 0 Å². The molecular weight excluding hydrogens is 216 g/mol. The molecule has 17 heavy (non-hydrogen) atoms. The number of hydrogen-bond acceptors (Lipinski definition) is 4. The van der Waals surface area contributed by atoms with Crippen molar-refractivity contribution in [3.8, 4) is 0 Å². The highest BCUT2D eigenvalue weighted by molar-refractivity contribution is 6.05. The number of hydrogen-bond donors (Lipinski definition) is 1. The first-order valence-corrected chi connectivity index (χ1v) is 5.18. The Balaban J connectivity index is 2.43. The maximum atomic E-state index is 11.3. The lowest BCUT2D eigenvalue weighted by Gasteiger charge is -2.03. The van der Waals surface area contributed by atoms with E-state index < -0.39 is 0 Å². The molecule has 0 radical (unpaired) electrons. The number of aromatic amines is 1. The molecule has 0 saturated heterocycles. The van der Waals surface area contributed by atoms with Gasteiger partial charge in [0.1, 0.15) is 0 Å². The van der Waals surface area contributed by atoms with Crippen LogP contribution in [0.4, 0.5) is 5.69 Å². The van der Waals surface area contributed by atoms with E-state index in [1.165, 1.54) is 0 Å². The lowest BCUT2D eigenvalue weighted by molar-refractivity contribution is 1.11. The zero-order chi connectivity index (χ0) is 11.4. The maximum absolute atomic E-state index is 11.3. The summed E-state index contributed by atoms with van der Waals surface area (Å²) in [6, 6.07) is 0. The summed E-state index contributed by atoms with van der Waals surface area (Å²) < 4.78 is 0. The minimum atomic E-state index is -0.356. The number of nitrogens with one attached hydrogen (secondary N) is 1. The highest BCUT2D eigenvalue weighted by Gasteiger charge is 2.15. The molecule has 2 aromatic rings. The van der Waals surface area contributed by atoms with Crippen molar-refractivity contribution >= 4 is 35.0 Å². The van der Waals surface area contributed by atoms with Crippen molar-refractivity contribution in [2.45, 2.75) is 0 Å². The van der Waals surface area contributed by atoms with E-state index in [4.69, 9.17) is 0 Å². The van der Waals surface area contributed by atoms with Gasteiger partial charge in [-0.15, -0.1) is 0 Å². The van der Waals surface area contributed by atoms with Crippen LogP contribution in [0.5, 0.6) is 0 Å². The Morgan fingerprint density at radius 2 is 2.24 bits per heavy atom. The molecular formula is C12H6N4O. The van der Waals surface area contributed by atoms with Gasteiger partial charge in [-0.05, 0) is 12.2 Å². The number of H-pyrrole nitrogens is 1. The van der Waals surface area contributed by atoms with Crippen LogP contribution in [0.25, 0.3) is 23.1 Å². The molecule has 5 heteroatoms. The highest BCUT2D eigenvalue weighted by atomic mass is 16.1. The molecule has 0 amide bonds. The van der Waals surface area contributed by atoms with Crippen LogP contribution in [0.2, 0.25) is 0 Å². The molecule has 0 aliphatic carbocycles. The zero-order valence-electron chi connectivity index (χ0n) is 8.64. The molecule has 0 unspecified atom stereocenters. The summed E-state index contributed by atoms with van der Waals surface area (Å²) in [7, 11) is 0. The largest absolute Gasteiger partial charge is 0.345 e. The molecule has 80 valence electrons. The number of rotatable bonds is 0. The topological polar surface area (TPSA) is 70.5 Å². The van der Waals surface area contributed by atoms with E-state index in [9.17, 15) is 4.79 Å². The van der Waals surface area contributed by atoms with Gasteiger partial charge in [-0.25, -0.2) is 9.78 Å². The highest BCUT2D eigenvalue weighted by Crippen LogP contribution is 2.23. The molecule has 2 aliphatic rings. The Hall–Kier alpha value is -2.56. The van der Waals surface area contributed by atoms with Crippen LogP contribution in [0, 0.1) is 0 Å². The van der Waals surface area contributed by atoms with E-state index in [-0.39, 0.29) is 5.69 Å². The fraction of sp³-hybridized carbons (Fsp3) is 0. The Morgan fingerprint density at radius 1 is 1.29 bits per heavy atom. The van der Waals surface area contributed by atoms with Crippen LogP contribution < -0.4 is 16.3 Å². The first-order chi connectivity index (χ1) is 8.34. The Kier molecular flexibility index (Phi) is 1.39. The van der Waals surface area contributed by atoms with Crippen molar-refractivity contribution in [1.82, 2.24) is 9.97 Å². The average molecular weight is 222 g/mol. The molecule has 2 aliphatic heterocycles. The summed E-state index contributed by atoms with van der Waals surface area (Å²) in [4.78, 5) is 26.4. The first-order valence-electron chi connectivity index (χ1n) is 5.18. The molecule has 0 spiro atoms. The molecule has 5 nitrogen and oxygen atoms in total. The zero-order valence-corrected chi connectivity index (χ0v) is 8.64. The average Bonchev–Trinajstić information content (AvgIpc) is 2.97. The molecule has 1 aromatic carbocycles. The number of benzene rings is 1. The van der Waals surface area contributed by atoms with Crippen LogP contribution in [-0.4, -0.2) is 16.2 Å². The second kappa shape index (κ2) is 2.76. The number of nitrogens with zero attached hydrogens (tertiary/aromatic N) is 3. The van der Waals surface area contributed by atoms with Gasteiger partial charge in [0.2, 0.25) is 0 Å². The Morgan fingerprint density at radius 3 is 3.18 bits per heavy atom. The van der Waals surface area contributed by atoms with Gasteiger partial charge < -0.3 is 4.98 Å². The summed E-state index contributed by atoms with van der Waals surface area (Å²) >= 11 is 0. The standard InChI is InChI=1S/C12H6N4O/c17-12-15-5-8-10-6(1-3-14-10)9-7(2-4-13-9)11(8)16-12/h1-5H,(H,15,16,17). The monoisotopic (exact) mass is 222 g/mol. The quantitative estimate of drug-likeness (QED) is 0.682. The lowest BCUT2D eigenvalue weighted by Crippen LogP contribution is -2.27. The normalized spacial score (nSPS) is 14.6. The van der Waals surface area contributed by atoms with Crippen molar-refractivity contribution in [3.63, 3.8) is 0 Å². The van der Waals surface area contributed by atoms with Crippen LogP contribution in [0.1, 0.15) is 5.56 Å². The third kappa shape index (κ3) is 0.977. The summed E-state index contributed by atoms with van der Waals surface area (Å²) in [5.41, 5.74) is 2.16. The van der Waals surface area contributed by atoms with Crippen LogP contribution in [0.15, 0.2) is 27.2 Å². The van der Waals surface area contributed by atoms with Gasteiger partial charge in [-0.3, -0.25) is 9.98 Å². The van der Waals surface area contributed by atoms with Gasteiger partial charge in [-0.1, -0.05) is 0 Å². The van der Waals surface area contributed by atoms with E-state index >= 15 is 0 Å². The van der Waals surface area contributed by atoms with Gasteiger partial charge in [0, 0.05) is 34.8 Å². The second-order valence-electron chi connectivity index (χ2n) is 3.89. The van der Waals surface area contributed by atoms with Gasteiger partial charge >= 0.3 is 5.69 Å². The Bertz CT molecular complexity index is 903. The summed E-state index contributed by atoms with van der Waals surface area (Å²) in [6.07, 6.45) is 8.85. The predicted molar refractivity (Wildman–Crippen MR) is 64.8 cm³/mol. The molecule has 4 rings (SSSR count). The maximum Gasteiger partial charge on any atom is 0.345 e. The van der Waals surface area contributed by atoms with Crippen LogP contribution >= 0.6 is 0 Å². The second-order valence-corrected chi connectivity index (χ2v) is 3.89. The molecule has 0 fully saturated rings. The molecule has 0 atom stereocenters. The lowest BCUT2D eigenvalue weighted by atomic mass is 10.1. The predicted octanol–water partition coefficient (Wildman–Crippen LogP) is 0.0234. The summed E-state index contributed by atoms with van der Waals surface area (Å²) in [6.45, 7) is 0. The smallest absolute Gasteiger partial charge is 0.305 e. The molecule has 0 saturated carbocycles. The fourth-order valence-corrected chi connectivity index (χ4v) is 2.28. The minimum absolute atomic E-state index is 0.356. The van der Waals surface area contributed by atoms with Gasteiger partial charge in [0.15, 0.2) is 0 Å². The van der Waals surface area contributed by atoms with Crippen molar-refractivity contribution in [2.75, 3.05) is 0 Å². The third-order valence-electron chi connectivity index (χ3n) is 2.99. The SMILES string of the molecule is O=c1ncc2c3c(c4c(c2[nH]1)C=CN=4)=CC=N3. The first kappa shape index (κ1) is 8.58. The van der Waals surface area contributed by atoms with Crippen LogP contribution in [-0.2, 0) is 0 Å². The number of fused-ring (bicyclic) bond motifs is 6. The minimum Gasteiger partial charge on any atom is -0.305 e. The van der Waals surface area contributed by atoms with Crippen molar-refractivity contribution in [2.24, 2.45) is 9.98 Å². The van der Waals surface area contributed by atoms with E-state index in [1.54, 1.807) is 18.6 Å². The number of aromatic nitrogens is 2. The van der Waals surface area contributed by atoms with E-state index in [0.29, 0.717) is 0 Å². The summed E-state index contributed by atoms with van der Waals surface area (Å²) in [5, 5.41) is 2.71. The van der Waals surface area contributed by atoms with Gasteiger partial charge in [-0.2, -0.15) is 0 Å². The molecule has 3 heterocycles. The van der Waals surface area contributed by atoms with Crippen molar-refractivity contribution in [1.29, 1.82) is 0 Å². The number of aliphatic imine (C=N–C) groups is 1. The van der Waals surface area contributed by atoms with E-state index in [0.717, 1.165) is 32.7 Å².